The number of hydrogen-bond donors (Lipinski definition) is 3. The molecule has 0 fully saturated rings. The molecule has 0 spiro atoms. The number of phenolic OH excluding ortho intramolecular Hbond substituents is 1. The molecule has 2 amide bonds. The average Bonchev–Trinajstić information content (AvgIpc) is 3.02. The fraction of sp³-hybridized carbons (Fsp3) is 0.333. The minimum absolute atomic E-state index is 0.0143. The van der Waals surface area contributed by atoms with Gasteiger partial charge in [-0.3, -0.25) is 4.79 Å². The second-order valence-electron chi connectivity index (χ2n) is 6.45. The molecule has 7 nitrogen and oxygen atoms in total. The Hall–Kier alpha value is -1.97. The number of nitrogens with one attached hydrogen (secondary N) is 2. The van der Waals surface area contributed by atoms with Gasteiger partial charge in [0.05, 0.1) is 23.2 Å². The van der Waals surface area contributed by atoms with E-state index >= 15 is 0 Å². The number of carbonyl (C=O) groups excluding carboxylic acids is 2. The summed E-state index contributed by atoms with van der Waals surface area (Å²) in [5, 5.41) is 17.7. The Morgan fingerprint density at radius 1 is 1.46 bits per heavy atom. The Balaban J connectivity index is 1.64. The predicted octanol–water partition coefficient (Wildman–Crippen LogP) is 4.24. The first-order chi connectivity index (χ1) is 13.4. The molecule has 0 aliphatic carbocycles. The Morgan fingerprint density at radius 2 is 2.25 bits per heavy atom. The van der Waals surface area contributed by atoms with Crippen LogP contribution in [0.5, 0.6) is 5.75 Å². The molecule has 0 unspecified atom stereocenters. The highest BCUT2D eigenvalue weighted by Crippen LogP contribution is 2.43. The molecule has 3 heterocycles. The zero-order valence-electron chi connectivity index (χ0n) is 14.8. The van der Waals surface area contributed by atoms with Gasteiger partial charge in [-0.05, 0) is 47.0 Å². The van der Waals surface area contributed by atoms with E-state index in [1.807, 2.05) is 0 Å². The van der Waals surface area contributed by atoms with E-state index in [2.05, 4.69) is 26.6 Å². The van der Waals surface area contributed by atoms with Crippen LogP contribution < -0.4 is 10.6 Å². The summed E-state index contributed by atoms with van der Waals surface area (Å²) < 4.78 is 5.53. The summed E-state index contributed by atoms with van der Waals surface area (Å²) in [5.41, 5.74) is 2.04. The predicted molar refractivity (Wildman–Crippen MR) is 110 cm³/mol. The van der Waals surface area contributed by atoms with E-state index in [0.29, 0.717) is 46.7 Å². The van der Waals surface area contributed by atoms with Gasteiger partial charge in [0.1, 0.15) is 16.9 Å². The third-order valence-corrected chi connectivity index (χ3v) is 6.70. The van der Waals surface area contributed by atoms with Crippen molar-refractivity contribution in [2.75, 3.05) is 18.5 Å². The molecule has 2 aliphatic rings. The Bertz CT molecular complexity index is 980. The Labute approximate surface area is 178 Å². The fourth-order valence-electron chi connectivity index (χ4n) is 3.45. The van der Waals surface area contributed by atoms with Crippen LogP contribution in [0.25, 0.3) is 0 Å². The highest BCUT2D eigenvalue weighted by atomic mass is 79.9. The van der Waals surface area contributed by atoms with E-state index in [-0.39, 0.29) is 17.7 Å². The minimum atomic E-state index is -0.615. The first-order valence-corrected chi connectivity index (χ1v) is 10.7. The standard InChI is InChI=1S/C18H17BrClN3O4S/c1-2-27-18(26)23-4-3-9-12(7-23)28-17-13(9)16(25)21-15(22-17)10-5-8(20)6-11(19)14(10)24/h5-6,15,22,24H,2-4,7H2,1H3,(H,21,25)/t15-/m0/s1. The number of halogens is 2. The topological polar surface area (TPSA) is 90.9 Å². The lowest BCUT2D eigenvalue weighted by Crippen LogP contribution is -2.39. The smallest absolute Gasteiger partial charge is 0.410 e. The number of thiophene rings is 1. The largest absolute Gasteiger partial charge is 0.506 e. The fourth-order valence-corrected chi connectivity index (χ4v) is 5.57. The molecular formula is C18H17BrClN3O4S. The molecule has 1 atom stereocenters. The van der Waals surface area contributed by atoms with E-state index in [4.69, 9.17) is 16.3 Å². The summed E-state index contributed by atoms with van der Waals surface area (Å²) in [6.45, 7) is 3.02. The third kappa shape index (κ3) is 3.31. The number of anilines is 1. The highest BCUT2D eigenvalue weighted by molar-refractivity contribution is 9.10. The normalized spacial score (nSPS) is 18.0. The number of amides is 2. The average molecular weight is 487 g/mol. The van der Waals surface area contributed by atoms with Crippen molar-refractivity contribution < 1.29 is 19.4 Å². The van der Waals surface area contributed by atoms with Gasteiger partial charge in [0.15, 0.2) is 0 Å². The third-order valence-electron chi connectivity index (χ3n) is 4.73. The number of hydrogen-bond acceptors (Lipinski definition) is 6. The molecule has 0 saturated heterocycles. The Morgan fingerprint density at radius 3 is 3.00 bits per heavy atom. The summed E-state index contributed by atoms with van der Waals surface area (Å²) in [5.74, 6) is -0.197. The van der Waals surface area contributed by atoms with E-state index in [1.54, 1.807) is 24.0 Å². The van der Waals surface area contributed by atoms with Crippen molar-refractivity contribution in [3.05, 3.63) is 43.2 Å². The minimum Gasteiger partial charge on any atom is -0.506 e. The van der Waals surface area contributed by atoms with Crippen LogP contribution in [-0.4, -0.2) is 35.2 Å². The second-order valence-corrected chi connectivity index (χ2v) is 8.85. The van der Waals surface area contributed by atoms with Gasteiger partial charge < -0.3 is 25.4 Å². The number of nitrogens with zero attached hydrogens (tertiary/aromatic N) is 1. The van der Waals surface area contributed by atoms with Gasteiger partial charge in [-0.15, -0.1) is 11.3 Å². The number of fused-ring (bicyclic) bond motifs is 3. The van der Waals surface area contributed by atoms with Crippen LogP contribution >= 0.6 is 38.9 Å². The lowest BCUT2D eigenvalue weighted by molar-refractivity contribution is 0.0934. The number of phenols is 1. The summed E-state index contributed by atoms with van der Waals surface area (Å²) in [6, 6.07) is 3.20. The van der Waals surface area contributed by atoms with Crippen molar-refractivity contribution in [1.29, 1.82) is 0 Å². The maximum absolute atomic E-state index is 12.8. The molecule has 2 aliphatic heterocycles. The van der Waals surface area contributed by atoms with Gasteiger partial charge in [0.2, 0.25) is 0 Å². The summed E-state index contributed by atoms with van der Waals surface area (Å²) in [6.07, 6.45) is -0.368. The number of benzene rings is 1. The quantitative estimate of drug-likeness (QED) is 0.591. The van der Waals surface area contributed by atoms with Gasteiger partial charge in [-0.1, -0.05) is 11.6 Å². The van der Waals surface area contributed by atoms with Gasteiger partial charge in [0.25, 0.3) is 5.91 Å². The maximum atomic E-state index is 12.8. The molecular weight excluding hydrogens is 470 g/mol. The highest BCUT2D eigenvalue weighted by Gasteiger charge is 2.35. The lowest BCUT2D eigenvalue weighted by Gasteiger charge is -2.28. The van der Waals surface area contributed by atoms with Crippen LogP contribution in [-0.2, 0) is 17.7 Å². The summed E-state index contributed by atoms with van der Waals surface area (Å²) in [7, 11) is 0. The van der Waals surface area contributed by atoms with Crippen molar-refractivity contribution >= 4 is 55.9 Å². The summed E-state index contributed by atoms with van der Waals surface area (Å²) >= 11 is 10.8. The zero-order chi connectivity index (χ0) is 20.0. The van der Waals surface area contributed by atoms with E-state index in [9.17, 15) is 14.7 Å². The number of rotatable bonds is 2. The van der Waals surface area contributed by atoms with Crippen LogP contribution in [0.2, 0.25) is 5.02 Å². The van der Waals surface area contributed by atoms with E-state index in [1.165, 1.54) is 11.3 Å². The molecule has 4 rings (SSSR count). The molecule has 0 bridgehead atoms. The van der Waals surface area contributed by atoms with Crippen molar-refractivity contribution in [3.63, 3.8) is 0 Å². The van der Waals surface area contributed by atoms with Gasteiger partial charge in [-0.25, -0.2) is 4.79 Å². The number of carbonyl (C=O) groups is 2. The Kier molecular flexibility index (Phi) is 5.15. The monoisotopic (exact) mass is 485 g/mol. The summed E-state index contributed by atoms with van der Waals surface area (Å²) in [4.78, 5) is 27.5. The van der Waals surface area contributed by atoms with E-state index < -0.39 is 6.17 Å². The first kappa shape index (κ1) is 19.4. The molecule has 0 saturated carbocycles. The van der Waals surface area contributed by atoms with Crippen LogP contribution in [0.1, 0.15) is 39.5 Å². The van der Waals surface area contributed by atoms with Crippen molar-refractivity contribution in [1.82, 2.24) is 10.2 Å². The number of ether oxygens (including phenoxy) is 1. The zero-order valence-corrected chi connectivity index (χ0v) is 18.0. The van der Waals surface area contributed by atoms with Crippen molar-refractivity contribution in [2.24, 2.45) is 0 Å². The molecule has 2 aromatic rings. The van der Waals surface area contributed by atoms with Gasteiger partial charge in [-0.2, -0.15) is 0 Å². The van der Waals surface area contributed by atoms with Crippen LogP contribution in [0, 0.1) is 0 Å². The van der Waals surface area contributed by atoms with Crippen LogP contribution in [0.3, 0.4) is 0 Å². The van der Waals surface area contributed by atoms with Crippen LogP contribution in [0.4, 0.5) is 9.80 Å². The van der Waals surface area contributed by atoms with Crippen LogP contribution in [0.15, 0.2) is 16.6 Å². The number of aromatic hydroxyl groups is 1. The second kappa shape index (κ2) is 7.46. The molecule has 10 heteroatoms. The maximum Gasteiger partial charge on any atom is 0.410 e. The molecule has 0 radical (unpaired) electrons. The first-order valence-electron chi connectivity index (χ1n) is 8.70. The SMILES string of the molecule is CCOC(=O)N1CCc2c(sc3c2C(=O)N[C@H](c2cc(Cl)cc(Br)c2O)N3)C1. The molecule has 1 aromatic heterocycles. The van der Waals surface area contributed by atoms with E-state index in [0.717, 1.165) is 15.4 Å². The molecule has 28 heavy (non-hydrogen) atoms. The molecule has 1 aromatic carbocycles. The van der Waals surface area contributed by atoms with Crippen molar-refractivity contribution in [2.45, 2.75) is 26.1 Å². The van der Waals surface area contributed by atoms with Gasteiger partial charge in [0, 0.05) is 22.0 Å². The lowest BCUT2D eigenvalue weighted by atomic mass is 10.0. The van der Waals surface area contributed by atoms with Gasteiger partial charge >= 0.3 is 6.09 Å². The van der Waals surface area contributed by atoms with Crippen molar-refractivity contribution in [3.8, 4) is 5.75 Å². The molecule has 148 valence electrons. The molecule has 3 N–H and O–H groups in total.